The molecule has 0 spiro atoms. The van der Waals surface area contributed by atoms with E-state index in [4.69, 9.17) is 11.6 Å². The highest BCUT2D eigenvalue weighted by Crippen LogP contribution is 2.12. The lowest BCUT2D eigenvalue weighted by Gasteiger charge is -2.03. The van der Waals surface area contributed by atoms with E-state index in [0.717, 1.165) is 37.6 Å². The third kappa shape index (κ3) is 3.08. The minimum atomic E-state index is 0.696. The van der Waals surface area contributed by atoms with Gasteiger partial charge in [-0.25, -0.2) is 0 Å². The van der Waals surface area contributed by atoms with E-state index in [1.54, 1.807) is 6.20 Å². The highest BCUT2D eigenvalue weighted by atomic mass is 35.5. The van der Waals surface area contributed by atoms with Gasteiger partial charge in [0.25, 0.3) is 0 Å². The molecule has 1 N–H and O–H groups in total. The molecule has 18 heavy (non-hydrogen) atoms. The second kappa shape index (κ2) is 5.97. The average Bonchev–Trinajstić information content (AvgIpc) is 2.94. The van der Waals surface area contributed by atoms with Crippen LogP contribution in [0.2, 0.25) is 5.02 Å². The minimum absolute atomic E-state index is 0.696. The van der Waals surface area contributed by atoms with Crippen molar-refractivity contribution in [2.75, 3.05) is 6.54 Å². The van der Waals surface area contributed by atoms with Gasteiger partial charge < -0.3 is 5.32 Å². The van der Waals surface area contributed by atoms with Crippen molar-refractivity contribution >= 4 is 11.6 Å². The van der Waals surface area contributed by atoms with Crippen LogP contribution >= 0.6 is 11.6 Å². The lowest BCUT2D eigenvalue weighted by Crippen LogP contribution is -2.12. The van der Waals surface area contributed by atoms with Gasteiger partial charge in [-0.1, -0.05) is 23.7 Å². The van der Waals surface area contributed by atoms with Crippen molar-refractivity contribution < 1.29 is 0 Å². The summed E-state index contributed by atoms with van der Waals surface area (Å²) in [5.41, 5.74) is 1.93. The molecule has 2 rings (SSSR count). The fourth-order valence-corrected chi connectivity index (χ4v) is 1.77. The van der Waals surface area contributed by atoms with Crippen molar-refractivity contribution in [3.05, 3.63) is 28.8 Å². The van der Waals surface area contributed by atoms with Gasteiger partial charge in [0.15, 0.2) is 0 Å². The summed E-state index contributed by atoms with van der Waals surface area (Å²) in [6.45, 7) is 7.17. The fraction of sp³-hybridized carbons (Fsp3) is 0.545. The van der Waals surface area contributed by atoms with Gasteiger partial charge in [0, 0.05) is 12.7 Å². The molecule has 6 nitrogen and oxygen atoms in total. The van der Waals surface area contributed by atoms with Crippen molar-refractivity contribution in [2.45, 2.75) is 33.5 Å². The van der Waals surface area contributed by atoms with Crippen LogP contribution in [0.3, 0.4) is 0 Å². The van der Waals surface area contributed by atoms with Crippen LogP contribution in [0.5, 0.6) is 0 Å². The van der Waals surface area contributed by atoms with Crippen LogP contribution in [0.15, 0.2) is 12.4 Å². The number of aromatic nitrogens is 5. The highest BCUT2D eigenvalue weighted by Gasteiger charge is 2.05. The van der Waals surface area contributed by atoms with E-state index in [9.17, 15) is 0 Å². The molecular formula is C11H17ClN6. The van der Waals surface area contributed by atoms with Crippen LogP contribution in [0.1, 0.15) is 18.3 Å². The highest BCUT2D eigenvalue weighted by molar-refractivity contribution is 6.31. The maximum Gasteiger partial charge on any atom is 0.0964 e. The van der Waals surface area contributed by atoms with E-state index < -0.39 is 0 Å². The standard InChI is InChI=1S/C11H17ClN6/c1-3-13-6-10-8-17(16-15-10)4-5-18-9(2)11(12)7-14-18/h7-8,13H,3-6H2,1-2H3. The van der Waals surface area contributed by atoms with E-state index in [0.29, 0.717) is 5.02 Å². The molecule has 0 atom stereocenters. The number of halogens is 1. The van der Waals surface area contributed by atoms with Gasteiger partial charge in [0.05, 0.1) is 35.7 Å². The Bertz CT molecular complexity index is 503. The van der Waals surface area contributed by atoms with Crippen molar-refractivity contribution in [2.24, 2.45) is 0 Å². The first-order chi connectivity index (χ1) is 8.70. The number of hydrogen-bond donors (Lipinski definition) is 1. The third-order valence-corrected chi connectivity index (χ3v) is 3.10. The molecule has 0 saturated heterocycles. The molecule has 98 valence electrons. The average molecular weight is 269 g/mol. The first kappa shape index (κ1) is 13.0. The SMILES string of the molecule is CCNCc1cn(CCn2ncc(Cl)c2C)nn1. The Labute approximate surface area is 111 Å². The molecule has 7 heteroatoms. The molecule has 0 bridgehead atoms. The molecule has 0 unspecified atom stereocenters. The number of hydrogen-bond acceptors (Lipinski definition) is 4. The van der Waals surface area contributed by atoms with E-state index in [1.165, 1.54) is 0 Å². The quantitative estimate of drug-likeness (QED) is 0.857. The normalized spacial score (nSPS) is 11.1. The Morgan fingerprint density at radius 1 is 1.39 bits per heavy atom. The Balaban J connectivity index is 1.90. The molecule has 0 aromatic carbocycles. The Hall–Kier alpha value is -1.40. The van der Waals surface area contributed by atoms with Crippen LogP contribution in [0.25, 0.3) is 0 Å². The molecular weight excluding hydrogens is 252 g/mol. The first-order valence-corrected chi connectivity index (χ1v) is 6.36. The number of aryl methyl sites for hydroxylation is 2. The van der Waals surface area contributed by atoms with Gasteiger partial charge in [-0.3, -0.25) is 9.36 Å². The molecule has 2 aromatic heterocycles. The molecule has 0 fully saturated rings. The van der Waals surface area contributed by atoms with Gasteiger partial charge in [-0.05, 0) is 13.5 Å². The minimum Gasteiger partial charge on any atom is -0.311 e. The molecule has 0 saturated carbocycles. The largest absolute Gasteiger partial charge is 0.311 e. The zero-order valence-corrected chi connectivity index (χ0v) is 11.4. The molecule has 0 aliphatic carbocycles. The zero-order valence-electron chi connectivity index (χ0n) is 10.6. The predicted molar refractivity (Wildman–Crippen MR) is 69.4 cm³/mol. The number of rotatable bonds is 6. The zero-order chi connectivity index (χ0) is 13.0. The van der Waals surface area contributed by atoms with Crippen molar-refractivity contribution in [3.8, 4) is 0 Å². The Morgan fingerprint density at radius 2 is 2.22 bits per heavy atom. The van der Waals surface area contributed by atoms with Crippen LogP contribution in [0, 0.1) is 6.92 Å². The van der Waals surface area contributed by atoms with Crippen molar-refractivity contribution in [1.82, 2.24) is 30.1 Å². The summed E-state index contributed by atoms with van der Waals surface area (Å²) in [5, 5.41) is 16.3. The van der Waals surface area contributed by atoms with E-state index in [2.05, 4.69) is 27.7 Å². The summed E-state index contributed by atoms with van der Waals surface area (Å²) in [4.78, 5) is 0. The van der Waals surface area contributed by atoms with Gasteiger partial charge in [-0.2, -0.15) is 5.10 Å². The van der Waals surface area contributed by atoms with Crippen LogP contribution in [0.4, 0.5) is 0 Å². The summed E-state index contributed by atoms with van der Waals surface area (Å²) < 4.78 is 3.69. The molecule has 0 aliphatic heterocycles. The number of nitrogens with one attached hydrogen (secondary N) is 1. The maximum absolute atomic E-state index is 5.95. The van der Waals surface area contributed by atoms with Crippen LogP contribution in [-0.2, 0) is 19.6 Å². The van der Waals surface area contributed by atoms with Gasteiger partial charge in [0.1, 0.15) is 0 Å². The van der Waals surface area contributed by atoms with Crippen molar-refractivity contribution in [3.63, 3.8) is 0 Å². The number of nitrogens with zero attached hydrogens (tertiary/aromatic N) is 5. The second-order valence-electron chi connectivity index (χ2n) is 4.05. The lowest BCUT2D eigenvalue weighted by molar-refractivity contribution is 0.483. The summed E-state index contributed by atoms with van der Waals surface area (Å²) in [5.74, 6) is 0. The second-order valence-corrected chi connectivity index (χ2v) is 4.46. The summed E-state index contributed by atoms with van der Waals surface area (Å²) in [6.07, 6.45) is 3.61. The van der Waals surface area contributed by atoms with Crippen LogP contribution < -0.4 is 5.32 Å². The summed E-state index contributed by atoms with van der Waals surface area (Å²) in [7, 11) is 0. The maximum atomic E-state index is 5.95. The summed E-state index contributed by atoms with van der Waals surface area (Å²) in [6, 6.07) is 0. The van der Waals surface area contributed by atoms with E-state index in [-0.39, 0.29) is 0 Å². The monoisotopic (exact) mass is 268 g/mol. The first-order valence-electron chi connectivity index (χ1n) is 5.98. The van der Waals surface area contributed by atoms with E-state index >= 15 is 0 Å². The molecule has 0 amide bonds. The van der Waals surface area contributed by atoms with E-state index in [1.807, 2.05) is 22.5 Å². The van der Waals surface area contributed by atoms with Gasteiger partial charge >= 0.3 is 0 Å². The molecule has 0 aliphatic rings. The fourth-order valence-electron chi connectivity index (χ4n) is 1.63. The van der Waals surface area contributed by atoms with Gasteiger partial charge in [-0.15, -0.1) is 5.10 Å². The summed E-state index contributed by atoms with van der Waals surface area (Å²) >= 11 is 5.95. The Morgan fingerprint density at radius 3 is 2.89 bits per heavy atom. The topological polar surface area (TPSA) is 60.6 Å². The Kier molecular flexibility index (Phi) is 4.33. The molecule has 0 radical (unpaired) electrons. The third-order valence-electron chi connectivity index (χ3n) is 2.73. The lowest BCUT2D eigenvalue weighted by atomic mass is 10.4. The molecule has 2 aromatic rings. The van der Waals surface area contributed by atoms with Gasteiger partial charge in [0.2, 0.25) is 0 Å². The predicted octanol–water partition coefficient (Wildman–Crippen LogP) is 1.25. The van der Waals surface area contributed by atoms with Crippen LogP contribution in [-0.4, -0.2) is 31.3 Å². The molecule has 2 heterocycles. The van der Waals surface area contributed by atoms with Crippen molar-refractivity contribution in [1.29, 1.82) is 0 Å². The smallest absolute Gasteiger partial charge is 0.0964 e.